The van der Waals surface area contributed by atoms with E-state index in [1.165, 1.54) is 64.7 Å². The number of nitrogens with one attached hydrogen (secondary N) is 1. The van der Waals surface area contributed by atoms with E-state index >= 15 is 0 Å². The van der Waals surface area contributed by atoms with Crippen LogP contribution in [0.15, 0.2) is 0 Å². The molecule has 2 aliphatic rings. The first-order chi connectivity index (χ1) is 6.45. The van der Waals surface area contributed by atoms with E-state index in [9.17, 15) is 0 Å². The first kappa shape index (κ1) is 9.47. The van der Waals surface area contributed by atoms with Gasteiger partial charge >= 0.3 is 0 Å². The second kappa shape index (κ2) is 4.97. The fraction of sp³-hybridized carbons (Fsp3) is 1.00. The van der Waals surface area contributed by atoms with Crippen molar-refractivity contribution in [1.82, 2.24) is 0 Å². The molecule has 0 aromatic rings. The van der Waals surface area contributed by atoms with Crippen molar-refractivity contribution in [3.05, 3.63) is 0 Å². The van der Waals surface area contributed by atoms with E-state index in [0.29, 0.717) is 0 Å². The molecule has 0 spiro atoms. The molecule has 2 aliphatic heterocycles. The molecule has 0 aliphatic carbocycles. The van der Waals surface area contributed by atoms with Crippen LogP contribution in [0.4, 0.5) is 0 Å². The lowest BCUT2D eigenvalue weighted by Gasteiger charge is -2.17. The number of likely N-dealkylation sites (tertiary alicyclic amines) is 1. The van der Waals surface area contributed by atoms with Gasteiger partial charge in [-0.25, -0.2) is 0 Å². The third-order valence-electron chi connectivity index (χ3n) is 3.64. The Bertz CT molecular complexity index is 133. The summed E-state index contributed by atoms with van der Waals surface area (Å²) in [7, 11) is 0. The lowest BCUT2D eigenvalue weighted by atomic mass is 10.1. The summed E-state index contributed by atoms with van der Waals surface area (Å²) in [5.74, 6) is 0. The van der Waals surface area contributed by atoms with Gasteiger partial charge in [-0.2, -0.15) is 0 Å². The van der Waals surface area contributed by atoms with Crippen molar-refractivity contribution in [2.45, 2.75) is 44.6 Å². The van der Waals surface area contributed by atoms with Gasteiger partial charge in [0.05, 0.1) is 19.6 Å². The molecular weight excluding hydrogens is 160 g/mol. The van der Waals surface area contributed by atoms with Crippen molar-refractivity contribution in [1.29, 1.82) is 0 Å². The summed E-state index contributed by atoms with van der Waals surface area (Å²) in [6.45, 7) is 5.73. The quantitative estimate of drug-likeness (QED) is 0.559. The van der Waals surface area contributed by atoms with E-state index < -0.39 is 0 Å². The fourth-order valence-corrected chi connectivity index (χ4v) is 2.83. The zero-order chi connectivity index (χ0) is 8.93. The van der Waals surface area contributed by atoms with Crippen LogP contribution in [0, 0.1) is 0 Å². The van der Waals surface area contributed by atoms with Gasteiger partial charge in [0.15, 0.2) is 0 Å². The van der Waals surface area contributed by atoms with Gasteiger partial charge in [0.25, 0.3) is 0 Å². The van der Waals surface area contributed by atoms with Crippen LogP contribution in [0.25, 0.3) is 0 Å². The van der Waals surface area contributed by atoms with Gasteiger partial charge in [-0.15, -0.1) is 0 Å². The Kier molecular flexibility index (Phi) is 3.62. The van der Waals surface area contributed by atoms with Gasteiger partial charge in [0.1, 0.15) is 12.6 Å². The summed E-state index contributed by atoms with van der Waals surface area (Å²) in [6, 6.07) is 0.954. The molecule has 0 aromatic carbocycles. The van der Waals surface area contributed by atoms with Crippen molar-refractivity contribution < 1.29 is 10.2 Å². The minimum Gasteiger partial charge on any atom is -0.339 e. The lowest BCUT2D eigenvalue weighted by molar-refractivity contribution is -0.908. The van der Waals surface area contributed by atoms with Crippen LogP contribution in [0.2, 0.25) is 0 Å². The smallest absolute Gasteiger partial charge is 0.135 e. The maximum Gasteiger partial charge on any atom is 0.135 e. The Morgan fingerprint density at radius 2 is 1.85 bits per heavy atom. The van der Waals surface area contributed by atoms with E-state index in [1.54, 1.807) is 0 Å². The van der Waals surface area contributed by atoms with Crippen LogP contribution in [0.5, 0.6) is 0 Å². The number of hydrogen-bond donors (Lipinski definition) is 2. The maximum atomic E-state index is 2.61. The molecule has 2 heteroatoms. The van der Waals surface area contributed by atoms with Crippen LogP contribution < -0.4 is 10.2 Å². The van der Waals surface area contributed by atoms with Crippen LogP contribution in [0.1, 0.15) is 38.5 Å². The molecule has 2 heterocycles. The van der Waals surface area contributed by atoms with Gasteiger partial charge in [-0.05, 0) is 19.3 Å². The molecule has 1 atom stereocenters. The van der Waals surface area contributed by atoms with Crippen molar-refractivity contribution in [2.75, 3.05) is 26.2 Å². The van der Waals surface area contributed by atoms with Crippen LogP contribution in [-0.2, 0) is 0 Å². The highest BCUT2D eigenvalue weighted by molar-refractivity contribution is 4.58. The summed E-state index contributed by atoms with van der Waals surface area (Å²) in [5, 5.41) is 2.61. The summed E-state index contributed by atoms with van der Waals surface area (Å²) in [6.07, 6.45) is 8.83. The third kappa shape index (κ3) is 2.96. The number of hydrogen-bond acceptors (Lipinski definition) is 0. The Morgan fingerprint density at radius 1 is 1.00 bits per heavy atom. The summed E-state index contributed by atoms with van der Waals surface area (Å²) < 4.78 is 0. The molecule has 3 N–H and O–H groups in total. The van der Waals surface area contributed by atoms with E-state index in [1.807, 2.05) is 4.90 Å². The monoisotopic (exact) mass is 184 g/mol. The zero-order valence-corrected chi connectivity index (χ0v) is 8.73. The standard InChI is InChI=1S/C11H22N2/c1-2-6-11(12-7-3-1)10-13-8-4-5-9-13/h11-12H,1-10H2/p+2/t11-/m0/s1. The minimum absolute atomic E-state index is 0.954. The fourth-order valence-electron chi connectivity index (χ4n) is 2.83. The van der Waals surface area contributed by atoms with E-state index in [4.69, 9.17) is 0 Å². The molecule has 0 amide bonds. The molecule has 0 aromatic heterocycles. The van der Waals surface area contributed by atoms with Crippen molar-refractivity contribution in [3.8, 4) is 0 Å². The van der Waals surface area contributed by atoms with Crippen LogP contribution in [0.3, 0.4) is 0 Å². The molecule has 2 nitrogen and oxygen atoms in total. The van der Waals surface area contributed by atoms with Crippen LogP contribution in [-0.4, -0.2) is 32.2 Å². The minimum atomic E-state index is 0.954. The molecule has 0 bridgehead atoms. The van der Waals surface area contributed by atoms with Crippen molar-refractivity contribution in [2.24, 2.45) is 0 Å². The summed E-state index contributed by atoms with van der Waals surface area (Å²) >= 11 is 0. The van der Waals surface area contributed by atoms with E-state index in [-0.39, 0.29) is 0 Å². The SMILES string of the molecule is C1CC[NH2+][C@H](C[NH+]2CCCC2)CC1. The second-order valence-corrected chi connectivity index (χ2v) is 4.80. The predicted molar refractivity (Wildman–Crippen MR) is 53.8 cm³/mol. The van der Waals surface area contributed by atoms with E-state index in [2.05, 4.69) is 5.32 Å². The summed E-state index contributed by atoms with van der Waals surface area (Å²) in [4.78, 5) is 1.88. The van der Waals surface area contributed by atoms with Crippen molar-refractivity contribution in [3.63, 3.8) is 0 Å². The highest BCUT2D eigenvalue weighted by atomic mass is 15.2. The Hall–Kier alpha value is -0.0800. The van der Waals surface area contributed by atoms with Crippen molar-refractivity contribution >= 4 is 0 Å². The lowest BCUT2D eigenvalue weighted by Crippen LogP contribution is -3.14. The highest BCUT2D eigenvalue weighted by Crippen LogP contribution is 2.02. The molecule has 0 unspecified atom stereocenters. The zero-order valence-electron chi connectivity index (χ0n) is 8.73. The first-order valence-electron chi connectivity index (χ1n) is 6.12. The Labute approximate surface area is 81.7 Å². The van der Waals surface area contributed by atoms with Gasteiger partial charge < -0.3 is 10.2 Å². The molecule has 13 heavy (non-hydrogen) atoms. The third-order valence-corrected chi connectivity index (χ3v) is 3.64. The largest absolute Gasteiger partial charge is 0.339 e. The maximum absolute atomic E-state index is 2.61. The van der Waals surface area contributed by atoms with Gasteiger partial charge in [0.2, 0.25) is 0 Å². The number of nitrogens with two attached hydrogens (primary N) is 1. The Balaban J connectivity index is 1.71. The predicted octanol–water partition coefficient (Wildman–Crippen LogP) is -0.829. The van der Waals surface area contributed by atoms with Gasteiger partial charge in [0, 0.05) is 19.3 Å². The van der Waals surface area contributed by atoms with Gasteiger partial charge in [-0.3, -0.25) is 0 Å². The Morgan fingerprint density at radius 3 is 2.69 bits per heavy atom. The normalized spacial score (nSPS) is 31.8. The number of rotatable bonds is 2. The van der Waals surface area contributed by atoms with Crippen LogP contribution >= 0.6 is 0 Å². The van der Waals surface area contributed by atoms with E-state index in [0.717, 1.165) is 6.04 Å². The molecule has 0 radical (unpaired) electrons. The average molecular weight is 184 g/mol. The van der Waals surface area contributed by atoms with Gasteiger partial charge in [-0.1, -0.05) is 0 Å². The molecule has 2 rings (SSSR count). The molecule has 2 fully saturated rings. The molecular formula is C11H24N2+2. The number of quaternary nitrogens is 2. The topological polar surface area (TPSA) is 21.1 Å². The molecule has 2 saturated heterocycles. The second-order valence-electron chi connectivity index (χ2n) is 4.80. The highest BCUT2D eigenvalue weighted by Gasteiger charge is 2.23. The average Bonchev–Trinajstić information content (AvgIpc) is 2.49. The first-order valence-corrected chi connectivity index (χ1v) is 6.12. The molecule has 0 saturated carbocycles. The summed E-state index contributed by atoms with van der Waals surface area (Å²) in [5.41, 5.74) is 0. The molecule has 76 valence electrons.